The summed E-state index contributed by atoms with van der Waals surface area (Å²) in [5.74, 6) is 2.05. The van der Waals surface area contributed by atoms with Gasteiger partial charge in [-0.1, -0.05) is 80.9 Å². The highest BCUT2D eigenvalue weighted by Crippen LogP contribution is 2.32. The first kappa shape index (κ1) is 37.3. The van der Waals surface area contributed by atoms with Crippen molar-refractivity contribution in [2.45, 2.75) is 85.1 Å². The molecule has 0 spiro atoms. The van der Waals surface area contributed by atoms with Gasteiger partial charge in [0.15, 0.2) is 0 Å². The number of halogens is 2. The lowest BCUT2D eigenvalue weighted by Crippen LogP contribution is -3.00. The van der Waals surface area contributed by atoms with Crippen LogP contribution < -0.4 is 43.4 Å². The Morgan fingerprint density at radius 3 is 1.42 bits per heavy atom. The van der Waals surface area contributed by atoms with E-state index in [9.17, 15) is 0 Å². The largest absolute Gasteiger partial charge is 1.00 e. The lowest BCUT2D eigenvalue weighted by Gasteiger charge is -2.38. The van der Waals surface area contributed by atoms with E-state index in [1.165, 1.54) is 106 Å². The van der Waals surface area contributed by atoms with E-state index in [1.807, 2.05) is 0 Å². The Morgan fingerprint density at radius 1 is 0.556 bits per heavy atom. The third kappa shape index (κ3) is 8.82. The van der Waals surface area contributed by atoms with Gasteiger partial charge in [0, 0.05) is 25.7 Å². The molecule has 45 heavy (non-hydrogen) atoms. The van der Waals surface area contributed by atoms with Crippen molar-refractivity contribution < 1.29 is 52.4 Å². The van der Waals surface area contributed by atoms with E-state index in [4.69, 9.17) is 9.47 Å². The summed E-state index contributed by atoms with van der Waals surface area (Å²) in [5.41, 5.74) is 0. The van der Waals surface area contributed by atoms with Crippen molar-refractivity contribution in [1.29, 1.82) is 0 Å². The Balaban J connectivity index is 0.000000235. The zero-order valence-corrected chi connectivity index (χ0v) is 31.1. The summed E-state index contributed by atoms with van der Waals surface area (Å²) in [6.07, 6.45) is 9.39. The standard InChI is InChI=1S/C20H28NO.C19H26NO.2BrH/c1-3-5-14-21(4-2)15-8-11-20(21)22-19-13-12-17-9-6-7-10-18(17)16-19;1-3-13-20(4-2)14-7-10-19(20)21-18-12-11-16-8-5-6-9-17(16)15-18;;/h6-7,9-10,12-13,16,20H,3-5,8,11,14-15H2,1-2H3;5-6,8-9,11-12,15,19H,3-4,7,10,13-14H2,1-2H3;2*1H/q2*+1;;/p-2. The minimum absolute atomic E-state index is 0. The van der Waals surface area contributed by atoms with Crippen molar-refractivity contribution in [2.24, 2.45) is 0 Å². The Labute approximate surface area is 293 Å². The van der Waals surface area contributed by atoms with E-state index >= 15 is 0 Å². The molecule has 0 amide bonds. The molecule has 0 radical (unpaired) electrons. The number of hydrogen-bond donors (Lipinski definition) is 0. The second-order valence-electron chi connectivity index (χ2n) is 12.8. The van der Waals surface area contributed by atoms with Crippen molar-refractivity contribution in [3.63, 3.8) is 0 Å². The zero-order valence-electron chi connectivity index (χ0n) is 27.9. The molecule has 4 aromatic rings. The van der Waals surface area contributed by atoms with Crippen LogP contribution in [0.3, 0.4) is 0 Å². The number of fused-ring (bicyclic) bond motifs is 2. The van der Waals surface area contributed by atoms with Crippen LogP contribution in [0.1, 0.15) is 72.6 Å². The quantitative estimate of drug-likeness (QED) is 0.219. The van der Waals surface area contributed by atoms with E-state index in [0.717, 1.165) is 20.5 Å². The summed E-state index contributed by atoms with van der Waals surface area (Å²) in [5, 5.41) is 5.09. The molecule has 246 valence electrons. The molecule has 6 rings (SSSR count). The lowest BCUT2D eigenvalue weighted by molar-refractivity contribution is -0.954. The maximum absolute atomic E-state index is 6.46. The van der Waals surface area contributed by atoms with Gasteiger partial charge in [-0.25, -0.2) is 0 Å². The van der Waals surface area contributed by atoms with Gasteiger partial charge in [-0.15, -0.1) is 0 Å². The van der Waals surface area contributed by atoms with Crippen LogP contribution in [-0.2, 0) is 0 Å². The monoisotopic (exact) mass is 740 g/mol. The predicted octanol–water partition coefficient (Wildman–Crippen LogP) is 3.57. The summed E-state index contributed by atoms with van der Waals surface area (Å²) in [4.78, 5) is 0. The predicted molar refractivity (Wildman–Crippen MR) is 181 cm³/mol. The molecule has 2 heterocycles. The molecule has 6 heteroatoms. The van der Waals surface area contributed by atoms with E-state index in [0.29, 0.717) is 12.5 Å². The number of quaternary nitrogens is 2. The number of likely N-dealkylation sites (tertiary alicyclic amines) is 2. The Kier molecular flexibility index (Phi) is 14.7. The Morgan fingerprint density at radius 2 is 1.00 bits per heavy atom. The van der Waals surface area contributed by atoms with Crippen molar-refractivity contribution in [1.82, 2.24) is 0 Å². The van der Waals surface area contributed by atoms with Crippen LogP contribution in [0.2, 0.25) is 0 Å². The van der Waals surface area contributed by atoms with Crippen LogP contribution in [0.4, 0.5) is 0 Å². The maximum atomic E-state index is 6.46. The molecular formula is C39H54Br2N2O2. The zero-order chi connectivity index (χ0) is 30.1. The first-order chi connectivity index (χ1) is 21.0. The van der Waals surface area contributed by atoms with Gasteiger partial charge < -0.3 is 43.4 Å². The molecule has 0 N–H and O–H groups in total. The van der Waals surface area contributed by atoms with E-state index < -0.39 is 0 Å². The van der Waals surface area contributed by atoms with E-state index in [2.05, 4.69) is 113 Å². The maximum Gasteiger partial charge on any atom is 0.233 e. The van der Waals surface area contributed by atoms with Crippen LogP contribution in [0.25, 0.3) is 21.5 Å². The third-order valence-electron chi connectivity index (χ3n) is 10.2. The first-order valence-corrected chi connectivity index (χ1v) is 17.1. The van der Waals surface area contributed by atoms with Crippen LogP contribution >= 0.6 is 0 Å². The number of benzene rings is 4. The van der Waals surface area contributed by atoms with Gasteiger partial charge in [0.1, 0.15) is 11.5 Å². The van der Waals surface area contributed by atoms with Gasteiger partial charge in [0.2, 0.25) is 12.5 Å². The molecule has 0 aliphatic carbocycles. The number of ether oxygens (including phenoxy) is 2. The Hall–Kier alpha value is -2.12. The highest BCUT2D eigenvalue weighted by Gasteiger charge is 2.42. The molecule has 4 unspecified atom stereocenters. The van der Waals surface area contributed by atoms with E-state index in [1.54, 1.807) is 0 Å². The number of unbranched alkanes of at least 4 members (excludes halogenated alkanes) is 1. The van der Waals surface area contributed by atoms with Crippen molar-refractivity contribution in [2.75, 3.05) is 39.3 Å². The molecule has 0 bridgehead atoms. The molecular weight excluding hydrogens is 688 g/mol. The normalized spacial score (nSPS) is 23.9. The second-order valence-corrected chi connectivity index (χ2v) is 12.8. The van der Waals surface area contributed by atoms with Crippen molar-refractivity contribution >= 4 is 21.5 Å². The smallest absolute Gasteiger partial charge is 0.233 e. The van der Waals surface area contributed by atoms with Crippen molar-refractivity contribution in [3.05, 3.63) is 84.9 Å². The second kappa shape index (κ2) is 17.7. The topological polar surface area (TPSA) is 18.5 Å². The average Bonchev–Trinajstić information content (AvgIpc) is 3.64. The number of hydrogen-bond acceptors (Lipinski definition) is 2. The summed E-state index contributed by atoms with van der Waals surface area (Å²) in [7, 11) is 0. The highest BCUT2D eigenvalue weighted by atomic mass is 79.9. The summed E-state index contributed by atoms with van der Waals surface area (Å²) < 4.78 is 15.1. The molecule has 4 nitrogen and oxygen atoms in total. The average molecular weight is 743 g/mol. The molecule has 0 aromatic heterocycles. The molecule has 2 fully saturated rings. The first-order valence-electron chi connectivity index (χ1n) is 17.1. The number of nitrogens with zero attached hydrogens (tertiary/aromatic N) is 2. The molecule has 4 atom stereocenters. The Bertz CT molecular complexity index is 1470. The summed E-state index contributed by atoms with van der Waals surface area (Å²) in [6.45, 7) is 16.6. The van der Waals surface area contributed by atoms with Gasteiger partial charge in [0.05, 0.1) is 39.3 Å². The van der Waals surface area contributed by atoms with Crippen LogP contribution in [0.5, 0.6) is 11.5 Å². The van der Waals surface area contributed by atoms with Gasteiger partial charge in [-0.05, 0) is 72.5 Å². The molecule has 2 aliphatic heterocycles. The fourth-order valence-electron chi connectivity index (χ4n) is 7.60. The summed E-state index contributed by atoms with van der Waals surface area (Å²) in [6, 6.07) is 29.9. The molecule has 2 saturated heterocycles. The van der Waals surface area contributed by atoms with Crippen LogP contribution in [0, 0.1) is 0 Å². The summed E-state index contributed by atoms with van der Waals surface area (Å²) >= 11 is 0. The lowest BCUT2D eigenvalue weighted by atomic mass is 10.1. The molecule has 0 saturated carbocycles. The molecule has 2 aliphatic rings. The highest BCUT2D eigenvalue weighted by molar-refractivity contribution is 5.84. The van der Waals surface area contributed by atoms with E-state index in [-0.39, 0.29) is 34.0 Å². The van der Waals surface area contributed by atoms with Crippen LogP contribution in [0.15, 0.2) is 84.9 Å². The van der Waals surface area contributed by atoms with Gasteiger partial charge in [0.25, 0.3) is 0 Å². The SMILES string of the molecule is CCCC[N+]1(CC)CCCC1Oc1ccc2ccccc2c1.CCC[N+]1(CC)CCCC1Oc1ccc2ccccc2c1.[Br-].[Br-]. The molecule has 4 aromatic carbocycles. The fourth-order valence-corrected chi connectivity index (χ4v) is 7.60. The third-order valence-corrected chi connectivity index (χ3v) is 10.2. The van der Waals surface area contributed by atoms with Crippen LogP contribution in [-0.4, -0.2) is 60.7 Å². The number of rotatable bonds is 11. The minimum Gasteiger partial charge on any atom is -1.00 e. The van der Waals surface area contributed by atoms with Gasteiger partial charge >= 0.3 is 0 Å². The van der Waals surface area contributed by atoms with Gasteiger partial charge in [-0.3, -0.25) is 8.97 Å². The fraction of sp³-hybridized carbons (Fsp3) is 0.487. The van der Waals surface area contributed by atoms with Gasteiger partial charge in [-0.2, -0.15) is 0 Å². The minimum atomic E-state index is 0. The van der Waals surface area contributed by atoms with Crippen molar-refractivity contribution in [3.8, 4) is 11.5 Å².